The van der Waals surface area contributed by atoms with Gasteiger partial charge in [-0.05, 0) is 49.4 Å². The van der Waals surface area contributed by atoms with Crippen LogP contribution < -0.4 is 15.4 Å². The molecule has 0 radical (unpaired) electrons. The fourth-order valence-electron chi connectivity index (χ4n) is 6.32. The topological polar surface area (TPSA) is 132 Å². The van der Waals surface area contributed by atoms with Crippen molar-refractivity contribution in [2.75, 3.05) is 36.0 Å². The van der Waals surface area contributed by atoms with E-state index in [4.69, 9.17) is 14.7 Å². The molecule has 7 aromatic rings. The van der Waals surface area contributed by atoms with Gasteiger partial charge in [-0.25, -0.2) is 24.6 Å². The third-order valence-electron chi connectivity index (χ3n) is 9.00. The quantitative estimate of drug-likeness (QED) is 0.171. The van der Waals surface area contributed by atoms with Gasteiger partial charge in [0.25, 0.3) is 5.56 Å². The van der Waals surface area contributed by atoms with Gasteiger partial charge >= 0.3 is 12.1 Å². The third-order valence-corrected chi connectivity index (χ3v) is 10.0. The summed E-state index contributed by atoms with van der Waals surface area (Å²) in [5.74, 6) is 1.28. The number of halogens is 3. The lowest BCUT2D eigenvalue weighted by Gasteiger charge is -2.36. The average Bonchev–Trinajstić information content (AvgIpc) is 3.58. The van der Waals surface area contributed by atoms with E-state index in [2.05, 4.69) is 29.9 Å². The molecule has 268 valence electrons. The summed E-state index contributed by atoms with van der Waals surface area (Å²) in [5, 5.41) is 5.72. The zero-order chi connectivity index (χ0) is 36.7. The van der Waals surface area contributed by atoms with Crippen LogP contribution in [0.15, 0.2) is 90.0 Å². The average molecular weight is 738 g/mol. The monoisotopic (exact) mass is 737 g/mol. The Morgan fingerprint density at radius 3 is 2.34 bits per heavy atom. The van der Waals surface area contributed by atoms with Gasteiger partial charge in [-0.3, -0.25) is 14.6 Å². The number of thiazole rings is 1. The van der Waals surface area contributed by atoms with Crippen LogP contribution in [0.4, 0.5) is 24.8 Å². The van der Waals surface area contributed by atoms with Crippen LogP contribution in [0.1, 0.15) is 35.1 Å². The molecule has 5 heterocycles. The van der Waals surface area contributed by atoms with Crippen LogP contribution in [-0.2, 0) is 28.7 Å². The fraction of sp³-hybridized carbons (Fsp3) is 0.243. The molecule has 0 aliphatic carbocycles. The van der Waals surface area contributed by atoms with Crippen LogP contribution in [0.25, 0.3) is 32.0 Å². The zero-order valence-electron chi connectivity index (χ0n) is 28.2. The van der Waals surface area contributed by atoms with Crippen LogP contribution >= 0.6 is 11.3 Å². The number of piperazine rings is 1. The third kappa shape index (κ3) is 7.09. The number of carbonyl (C=O) groups excluding carboxylic acids is 1. The molecule has 0 N–H and O–H groups in total. The lowest BCUT2D eigenvalue weighted by atomic mass is 10.1. The van der Waals surface area contributed by atoms with E-state index >= 15 is 0 Å². The largest absolute Gasteiger partial charge is 0.454 e. The SMILES string of the molecule is C[C@@H](OC(=O)Cc1nn(Cc2nc3cc(C(F)(F)F)ccc3s2)c(=O)c2ccccc12)c1nccc(N2CCN(c3cnc4ccccc4n3)CC2)n1. The van der Waals surface area contributed by atoms with E-state index in [1.165, 1.54) is 22.1 Å². The molecule has 1 saturated heterocycles. The van der Waals surface area contributed by atoms with Gasteiger partial charge in [0, 0.05) is 37.8 Å². The number of anilines is 2. The highest BCUT2D eigenvalue weighted by molar-refractivity contribution is 7.18. The van der Waals surface area contributed by atoms with Crippen LogP contribution in [0, 0.1) is 0 Å². The molecule has 0 bridgehead atoms. The van der Waals surface area contributed by atoms with Crippen molar-refractivity contribution in [2.45, 2.75) is 32.2 Å². The van der Waals surface area contributed by atoms with Crippen molar-refractivity contribution in [1.29, 1.82) is 0 Å². The van der Waals surface area contributed by atoms with Gasteiger partial charge in [0.2, 0.25) is 0 Å². The highest BCUT2D eigenvalue weighted by Crippen LogP contribution is 2.33. The normalized spacial score (nSPS) is 14.3. The second-order valence-corrected chi connectivity index (χ2v) is 13.6. The molecule has 16 heteroatoms. The summed E-state index contributed by atoms with van der Waals surface area (Å²) in [4.78, 5) is 53.8. The molecular weight excluding hydrogens is 708 g/mol. The van der Waals surface area contributed by atoms with Crippen molar-refractivity contribution >= 4 is 61.0 Å². The van der Waals surface area contributed by atoms with Gasteiger partial charge in [0.15, 0.2) is 11.9 Å². The van der Waals surface area contributed by atoms with Gasteiger partial charge in [-0.2, -0.15) is 18.3 Å². The second kappa shape index (κ2) is 13.8. The standard InChI is InChI=1S/C37H30F3N9O3S/c1-22(35-41-13-12-31(45-35)47-14-16-48(17-15-47)32-20-42-26-8-4-5-9-27(26)43-32)52-34(50)19-28-24-6-2-3-7-25(24)36(51)49(46-28)21-33-44-29-18-23(37(38,39)40)10-11-30(29)53-33/h2-13,18,20,22H,14-17,19,21H2,1H3/t22-/m1/s1. The van der Waals surface area contributed by atoms with E-state index in [0.29, 0.717) is 50.9 Å². The number of benzene rings is 3. The number of nitrogens with zero attached hydrogens (tertiary/aromatic N) is 9. The van der Waals surface area contributed by atoms with E-state index in [1.54, 1.807) is 43.6 Å². The number of esters is 1. The molecule has 12 nitrogen and oxygen atoms in total. The van der Waals surface area contributed by atoms with Gasteiger partial charge in [-0.15, -0.1) is 11.3 Å². The molecule has 8 rings (SSSR count). The zero-order valence-corrected chi connectivity index (χ0v) is 29.0. The smallest absolute Gasteiger partial charge is 0.416 e. The van der Waals surface area contributed by atoms with E-state index in [1.807, 2.05) is 30.3 Å². The molecule has 0 amide bonds. The number of alkyl halides is 3. The molecule has 1 fully saturated rings. The van der Waals surface area contributed by atoms with Crippen molar-refractivity contribution in [3.63, 3.8) is 0 Å². The number of aromatic nitrogens is 7. The predicted molar refractivity (Wildman–Crippen MR) is 194 cm³/mol. The summed E-state index contributed by atoms with van der Waals surface area (Å²) in [6.45, 7) is 4.43. The number of ether oxygens (including phenoxy) is 1. The summed E-state index contributed by atoms with van der Waals surface area (Å²) in [6.07, 6.45) is -2.10. The van der Waals surface area contributed by atoms with Crippen LogP contribution in [0.2, 0.25) is 0 Å². The maximum Gasteiger partial charge on any atom is 0.416 e. The minimum absolute atomic E-state index is 0.0899. The van der Waals surface area contributed by atoms with Crippen molar-refractivity contribution < 1.29 is 22.7 Å². The Kier molecular flexibility index (Phi) is 8.90. The molecule has 1 aliphatic rings. The molecule has 0 unspecified atom stereocenters. The minimum Gasteiger partial charge on any atom is -0.454 e. The minimum atomic E-state index is -4.50. The van der Waals surface area contributed by atoms with Gasteiger partial charge in [-0.1, -0.05) is 30.3 Å². The predicted octanol–water partition coefficient (Wildman–Crippen LogP) is 5.98. The second-order valence-electron chi connectivity index (χ2n) is 12.5. The Bertz CT molecular complexity index is 2550. The van der Waals surface area contributed by atoms with E-state index in [9.17, 15) is 22.8 Å². The summed E-state index contributed by atoms with van der Waals surface area (Å²) < 4.78 is 47.3. The van der Waals surface area contributed by atoms with Crippen molar-refractivity contribution in [3.8, 4) is 0 Å². The van der Waals surface area contributed by atoms with Crippen molar-refractivity contribution in [2.24, 2.45) is 0 Å². The number of hydrogen-bond acceptors (Lipinski definition) is 12. The first-order valence-electron chi connectivity index (χ1n) is 16.8. The lowest BCUT2D eigenvalue weighted by molar-refractivity contribution is -0.148. The van der Waals surface area contributed by atoms with E-state index in [0.717, 1.165) is 42.1 Å². The molecule has 1 atom stereocenters. The van der Waals surface area contributed by atoms with Crippen LogP contribution in [0.3, 0.4) is 0 Å². The molecule has 4 aromatic heterocycles. The van der Waals surface area contributed by atoms with Gasteiger partial charge in [0.1, 0.15) is 16.6 Å². The number of hydrogen-bond donors (Lipinski definition) is 0. The number of para-hydroxylation sites is 2. The maximum absolute atomic E-state index is 13.4. The molecule has 0 spiro atoms. The number of fused-ring (bicyclic) bond motifs is 3. The van der Waals surface area contributed by atoms with Crippen LogP contribution in [0.5, 0.6) is 0 Å². The van der Waals surface area contributed by atoms with Gasteiger partial charge in [0.05, 0.1) is 57.1 Å². The first-order chi connectivity index (χ1) is 25.6. The molecular formula is C37H30F3N9O3S. The Labute approximate surface area is 303 Å². The summed E-state index contributed by atoms with van der Waals surface area (Å²) in [5.41, 5.74) is 0.958. The molecule has 3 aromatic carbocycles. The summed E-state index contributed by atoms with van der Waals surface area (Å²) in [7, 11) is 0. The maximum atomic E-state index is 13.4. The summed E-state index contributed by atoms with van der Waals surface area (Å²) >= 11 is 1.17. The Morgan fingerprint density at radius 1 is 0.849 bits per heavy atom. The van der Waals surface area contributed by atoms with Crippen molar-refractivity contribution in [3.05, 3.63) is 118 Å². The highest BCUT2D eigenvalue weighted by Gasteiger charge is 2.31. The summed E-state index contributed by atoms with van der Waals surface area (Å²) in [6, 6.07) is 19.7. The molecule has 0 saturated carbocycles. The van der Waals surface area contributed by atoms with Crippen LogP contribution in [-0.4, -0.2) is 66.8 Å². The number of carbonyl (C=O) groups is 1. The Hall–Kier alpha value is -6.03. The highest BCUT2D eigenvalue weighted by atomic mass is 32.1. The lowest BCUT2D eigenvalue weighted by Crippen LogP contribution is -2.47. The van der Waals surface area contributed by atoms with Gasteiger partial charge < -0.3 is 14.5 Å². The molecule has 1 aliphatic heterocycles. The molecule has 53 heavy (non-hydrogen) atoms. The first kappa shape index (κ1) is 34.1. The first-order valence-corrected chi connectivity index (χ1v) is 17.6. The fourth-order valence-corrected chi connectivity index (χ4v) is 7.25. The van der Waals surface area contributed by atoms with E-state index in [-0.39, 0.29) is 18.5 Å². The Morgan fingerprint density at radius 2 is 1.57 bits per heavy atom. The Balaban J connectivity index is 0.951. The van der Waals surface area contributed by atoms with E-state index < -0.39 is 29.4 Å². The number of rotatable bonds is 8. The van der Waals surface area contributed by atoms with Crippen molar-refractivity contribution in [1.82, 2.24) is 34.7 Å².